The van der Waals surface area contributed by atoms with Crippen molar-refractivity contribution >= 4 is 28.7 Å². The van der Waals surface area contributed by atoms with E-state index < -0.39 is 0 Å². The van der Waals surface area contributed by atoms with Gasteiger partial charge in [0.1, 0.15) is 0 Å². The molecule has 0 aliphatic rings. The predicted molar refractivity (Wildman–Crippen MR) is 54.7 cm³/mol. The minimum atomic E-state index is -0.222. The van der Waals surface area contributed by atoms with Gasteiger partial charge in [-0.2, -0.15) is 4.99 Å². The topological polar surface area (TPSA) is 58.5 Å². The molecular weight excluding hydrogens is 188 g/mol. The van der Waals surface area contributed by atoms with Gasteiger partial charge in [-0.1, -0.05) is 25.6 Å². The number of rotatable bonds is 2. The summed E-state index contributed by atoms with van der Waals surface area (Å²) in [6, 6.07) is 0. The second kappa shape index (κ2) is 6.65. The predicted octanol–water partition coefficient (Wildman–Crippen LogP) is 1.17. The third-order valence-corrected chi connectivity index (χ3v) is 1.87. The van der Waals surface area contributed by atoms with Gasteiger partial charge < -0.3 is 5.32 Å². The number of carbonyl (C=O) groups excluding carboxylic acids is 2. The highest BCUT2D eigenvalue weighted by molar-refractivity contribution is 8.13. The van der Waals surface area contributed by atoms with E-state index in [1.165, 1.54) is 11.8 Å². The zero-order valence-corrected chi connectivity index (χ0v) is 8.90. The molecule has 0 spiro atoms. The molecule has 0 saturated carbocycles. The lowest BCUT2D eigenvalue weighted by atomic mass is 10.4. The van der Waals surface area contributed by atoms with E-state index in [0.717, 1.165) is 0 Å². The maximum atomic E-state index is 10.9. The number of thioether (sulfide) groups is 1. The Morgan fingerprint density at radius 3 is 2.31 bits per heavy atom. The number of hydrogen-bond donors (Lipinski definition) is 1. The number of nitrogens with zero attached hydrogens (tertiary/aromatic N) is 1. The largest absolute Gasteiger partial charge is 0.305 e. The van der Waals surface area contributed by atoms with Crippen LogP contribution in [0.15, 0.2) is 4.99 Å². The van der Waals surface area contributed by atoms with E-state index >= 15 is 0 Å². The monoisotopic (exact) mass is 202 g/mol. The normalized spacial score (nSPS) is 11.2. The summed E-state index contributed by atoms with van der Waals surface area (Å²) >= 11 is 1.25. The Morgan fingerprint density at radius 1 is 1.31 bits per heavy atom. The van der Waals surface area contributed by atoms with Gasteiger partial charge in [0.25, 0.3) is 0 Å². The summed E-state index contributed by atoms with van der Waals surface area (Å²) in [5.41, 5.74) is 0. The lowest BCUT2D eigenvalue weighted by molar-refractivity contribution is -0.119. The average molecular weight is 202 g/mol. The number of hydrogen-bond acceptors (Lipinski definition) is 3. The van der Waals surface area contributed by atoms with Gasteiger partial charge in [-0.05, 0) is 6.26 Å². The van der Waals surface area contributed by atoms with Crippen LogP contribution in [0.1, 0.15) is 26.7 Å². The summed E-state index contributed by atoms with van der Waals surface area (Å²) in [7, 11) is 0. The molecule has 0 fully saturated rings. The van der Waals surface area contributed by atoms with Crippen LogP contribution >= 0.6 is 11.8 Å². The van der Waals surface area contributed by atoms with Crippen molar-refractivity contribution in [2.45, 2.75) is 26.7 Å². The van der Waals surface area contributed by atoms with Crippen LogP contribution in [-0.4, -0.2) is 23.2 Å². The molecule has 0 aromatic rings. The smallest absolute Gasteiger partial charge is 0.247 e. The molecule has 0 radical (unpaired) electrons. The molecule has 0 saturated heterocycles. The second-order valence-corrected chi connectivity index (χ2v) is 3.07. The van der Waals surface area contributed by atoms with Gasteiger partial charge in [-0.3, -0.25) is 9.59 Å². The van der Waals surface area contributed by atoms with E-state index in [9.17, 15) is 9.59 Å². The Bertz CT molecular complexity index is 226. The fraction of sp³-hybridized carbons (Fsp3) is 0.625. The van der Waals surface area contributed by atoms with E-state index in [1.807, 2.05) is 0 Å². The zero-order chi connectivity index (χ0) is 10.3. The molecule has 5 heteroatoms. The second-order valence-electron chi connectivity index (χ2n) is 2.27. The molecule has 1 N–H and O–H groups in total. The van der Waals surface area contributed by atoms with E-state index in [2.05, 4.69) is 10.3 Å². The number of amidine groups is 1. The highest BCUT2D eigenvalue weighted by Crippen LogP contribution is 1.97. The van der Waals surface area contributed by atoms with Crippen molar-refractivity contribution < 1.29 is 9.59 Å². The summed E-state index contributed by atoms with van der Waals surface area (Å²) in [5.74, 6) is -0.349. The van der Waals surface area contributed by atoms with Crippen LogP contribution in [0.2, 0.25) is 0 Å². The van der Waals surface area contributed by atoms with Gasteiger partial charge in [0.15, 0.2) is 5.17 Å². The molecule has 74 valence electrons. The summed E-state index contributed by atoms with van der Waals surface area (Å²) in [6.07, 6.45) is 2.50. The lowest BCUT2D eigenvalue weighted by Gasteiger charge is -2.02. The van der Waals surface area contributed by atoms with E-state index in [4.69, 9.17) is 0 Å². The highest BCUT2D eigenvalue weighted by atomic mass is 32.2. The van der Waals surface area contributed by atoms with Gasteiger partial charge >= 0.3 is 0 Å². The van der Waals surface area contributed by atoms with Crippen molar-refractivity contribution in [3.63, 3.8) is 0 Å². The van der Waals surface area contributed by atoms with Crippen LogP contribution < -0.4 is 5.32 Å². The van der Waals surface area contributed by atoms with E-state index in [0.29, 0.717) is 18.0 Å². The number of carbonyl (C=O) groups is 2. The highest BCUT2D eigenvalue weighted by Gasteiger charge is 2.04. The summed E-state index contributed by atoms with van der Waals surface area (Å²) in [6.45, 7) is 3.47. The first kappa shape index (κ1) is 12.2. The molecule has 0 heterocycles. The zero-order valence-electron chi connectivity index (χ0n) is 8.09. The Labute approximate surface area is 82.2 Å². The fourth-order valence-electron chi connectivity index (χ4n) is 0.525. The van der Waals surface area contributed by atoms with Crippen molar-refractivity contribution in [1.29, 1.82) is 0 Å². The Hall–Kier alpha value is -0.840. The van der Waals surface area contributed by atoms with Crippen molar-refractivity contribution in [2.24, 2.45) is 4.99 Å². The molecule has 0 aliphatic heterocycles. The van der Waals surface area contributed by atoms with Crippen LogP contribution in [0.5, 0.6) is 0 Å². The molecule has 0 rings (SSSR count). The van der Waals surface area contributed by atoms with Crippen LogP contribution in [0.4, 0.5) is 0 Å². The first-order chi connectivity index (χ1) is 6.13. The summed E-state index contributed by atoms with van der Waals surface area (Å²) < 4.78 is 0. The van der Waals surface area contributed by atoms with E-state index in [-0.39, 0.29) is 11.8 Å². The lowest BCUT2D eigenvalue weighted by Crippen LogP contribution is -2.28. The quantitative estimate of drug-likeness (QED) is 0.540. The molecular formula is C8H14N2O2S. The molecule has 0 unspecified atom stereocenters. The maximum Gasteiger partial charge on any atom is 0.247 e. The average Bonchev–Trinajstić information content (AvgIpc) is 2.16. The first-order valence-electron chi connectivity index (χ1n) is 4.09. The fourth-order valence-corrected chi connectivity index (χ4v) is 0.934. The van der Waals surface area contributed by atoms with Crippen LogP contribution in [-0.2, 0) is 9.59 Å². The number of nitrogens with one attached hydrogen (secondary N) is 1. The third-order valence-electron chi connectivity index (χ3n) is 1.29. The molecule has 13 heavy (non-hydrogen) atoms. The van der Waals surface area contributed by atoms with Crippen LogP contribution in [0.25, 0.3) is 0 Å². The maximum absolute atomic E-state index is 10.9. The molecule has 4 nitrogen and oxygen atoms in total. The molecule has 0 aliphatic carbocycles. The van der Waals surface area contributed by atoms with Crippen molar-refractivity contribution in [3.05, 3.63) is 0 Å². The molecule has 0 aromatic heterocycles. The number of amides is 2. The standard InChI is InChI=1S/C8H14N2O2S/c1-4-6(11)9-8(13-3)10-7(12)5-2/h4-5H2,1-3H3,(H,9,10,11,12). The van der Waals surface area contributed by atoms with Crippen molar-refractivity contribution in [3.8, 4) is 0 Å². The molecule has 0 atom stereocenters. The minimum absolute atomic E-state index is 0.128. The summed E-state index contributed by atoms with van der Waals surface area (Å²) in [4.78, 5) is 25.5. The Kier molecular flexibility index (Phi) is 6.22. The van der Waals surface area contributed by atoms with Crippen molar-refractivity contribution in [2.75, 3.05) is 6.26 Å². The Morgan fingerprint density at radius 2 is 1.92 bits per heavy atom. The molecule has 0 aromatic carbocycles. The first-order valence-corrected chi connectivity index (χ1v) is 5.31. The van der Waals surface area contributed by atoms with Crippen molar-refractivity contribution in [1.82, 2.24) is 5.32 Å². The van der Waals surface area contributed by atoms with Gasteiger partial charge in [-0.15, -0.1) is 0 Å². The van der Waals surface area contributed by atoms with Crippen LogP contribution in [0.3, 0.4) is 0 Å². The van der Waals surface area contributed by atoms with Gasteiger partial charge in [-0.25, -0.2) is 0 Å². The Balaban J connectivity index is 4.25. The third kappa shape index (κ3) is 5.41. The van der Waals surface area contributed by atoms with Crippen LogP contribution in [0, 0.1) is 0 Å². The molecule has 2 amide bonds. The van der Waals surface area contributed by atoms with Gasteiger partial charge in [0, 0.05) is 12.8 Å². The van der Waals surface area contributed by atoms with Gasteiger partial charge in [0.2, 0.25) is 11.8 Å². The summed E-state index contributed by atoms with van der Waals surface area (Å²) in [5, 5.41) is 2.91. The number of aliphatic imine (C=N–C) groups is 1. The molecule has 0 bridgehead atoms. The SMILES string of the molecule is CCC(=O)N=C(NC(=O)CC)SC. The van der Waals surface area contributed by atoms with Gasteiger partial charge in [0.05, 0.1) is 0 Å². The van der Waals surface area contributed by atoms with E-state index in [1.54, 1.807) is 20.1 Å². The minimum Gasteiger partial charge on any atom is -0.305 e.